The molecule has 0 aliphatic carbocycles. The number of hydrogen-bond donors (Lipinski definition) is 1. The summed E-state index contributed by atoms with van der Waals surface area (Å²) in [5, 5.41) is 15.5. The SMILES string of the molecule is O=C(On1nnc2ccccc21)c1cc(Cc2n[nH]c(=O)c3ccccc23)ccc1F. The Morgan fingerprint density at radius 2 is 1.81 bits per heavy atom. The molecule has 0 spiro atoms. The van der Waals surface area contributed by atoms with Gasteiger partial charge in [-0.05, 0) is 41.1 Å². The molecule has 5 rings (SSSR count). The molecule has 0 amide bonds. The van der Waals surface area contributed by atoms with E-state index in [-0.39, 0.29) is 17.5 Å². The lowest BCUT2D eigenvalue weighted by Crippen LogP contribution is -2.22. The van der Waals surface area contributed by atoms with Crippen LogP contribution < -0.4 is 10.4 Å². The van der Waals surface area contributed by atoms with Gasteiger partial charge in [-0.1, -0.05) is 41.2 Å². The van der Waals surface area contributed by atoms with Gasteiger partial charge in [0.2, 0.25) is 0 Å². The van der Waals surface area contributed by atoms with Crippen molar-refractivity contribution in [1.82, 2.24) is 25.4 Å². The van der Waals surface area contributed by atoms with Crippen LogP contribution in [0.4, 0.5) is 4.39 Å². The maximum atomic E-state index is 14.4. The van der Waals surface area contributed by atoms with E-state index in [1.54, 1.807) is 48.5 Å². The van der Waals surface area contributed by atoms with Crippen LogP contribution in [0, 0.1) is 5.82 Å². The highest BCUT2D eigenvalue weighted by Gasteiger charge is 2.18. The predicted molar refractivity (Wildman–Crippen MR) is 110 cm³/mol. The first-order chi connectivity index (χ1) is 15.1. The van der Waals surface area contributed by atoms with Crippen LogP contribution in [-0.4, -0.2) is 31.3 Å². The van der Waals surface area contributed by atoms with Gasteiger partial charge in [0.15, 0.2) is 0 Å². The molecule has 0 bridgehead atoms. The number of benzene rings is 3. The largest absolute Gasteiger partial charge is 0.368 e. The number of nitrogens with one attached hydrogen (secondary N) is 1. The summed E-state index contributed by atoms with van der Waals surface area (Å²) in [6, 6.07) is 18.1. The fourth-order valence-corrected chi connectivity index (χ4v) is 3.38. The average molecular weight is 415 g/mol. The van der Waals surface area contributed by atoms with Gasteiger partial charge in [-0.3, -0.25) is 4.79 Å². The molecule has 8 nitrogen and oxygen atoms in total. The smallest absolute Gasteiger partial charge is 0.312 e. The van der Waals surface area contributed by atoms with Gasteiger partial charge in [-0.15, -0.1) is 5.10 Å². The number of carbonyl (C=O) groups is 1. The summed E-state index contributed by atoms with van der Waals surface area (Å²) >= 11 is 0. The zero-order chi connectivity index (χ0) is 21.4. The van der Waals surface area contributed by atoms with Gasteiger partial charge in [0.25, 0.3) is 5.56 Å². The standard InChI is InChI=1S/C22H14FN5O3/c23-17-10-9-13(12-19-14-5-1-2-6-15(14)21(29)26-24-19)11-16(17)22(30)31-28-20-8-4-3-7-18(20)25-27-28/h1-11H,12H2,(H,26,29). The number of carbonyl (C=O) groups excluding carboxylic acids is 1. The second-order valence-electron chi connectivity index (χ2n) is 6.87. The highest BCUT2D eigenvalue weighted by atomic mass is 19.1. The van der Waals surface area contributed by atoms with E-state index in [0.717, 1.165) is 4.85 Å². The number of aromatic nitrogens is 5. The lowest BCUT2D eigenvalue weighted by molar-refractivity contribution is 0.0403. The van der Waals surface area contributed by atoms with E-state index < -0.39 is 11.8 Å². The Labute approximate surface area is 173 Å². The fourth-order valence-electron chi connectivity index (χ4n) is 3.38. The average Bonchev–Trinajstić information content (AvgIpc) is 3.20. The van der Waals surface area contributed by atoms with Crippen molar-refractivity contribution in [3.8, 4) is 0 Å². The summed E-state index contributed by atoms with van der Waals surface area (Å²) in [7, 11) is 0. The van der Waals surface area contributed by atoms with E-state index in [1.807, 2.05) is 6.07 Å². The van der Waals surface area contributed by atoms with Gasteiger partial charge in [0.05, 0.1) is 16.6 Å². The van der Waals surface area contributed by atoms with Gasteiger partial charge >= 0.3 is 5.97 Å². The zero-order valence-electron chi connectivity index (χ0n) is 15.9. The highest BCUT2D eigenvalue weighted by molar-refractivity contribution is 5.91. The molecule has 5 aromatic rings. The third kappa shape index (κ3) is 3.42. The molecule has 1 N–H and O–H groups in total. The van der Waals surface area contributed by atoms with Crippen molar-refractivity contribution in [3.05, 3.63) is 99.7 Å². The Hall–Kier alpha value is -4.40. The van der Waals surface area contributed by atoms with Gasteiger partial charge in [-0.25, -0.2) is 14.3 Å². The van der Waals surface area contributed by atoms with Gasteiger partial charge in [-0.2, -0.15) is 5.10 Å². The van der Waals surface area contributed by atoms with Crippen LogP contribution in [0.2, 0.25) is 0 Å². The lowest BCUT2D eigenvalue weighted by Gasteiger charge is -2.08. The van der Waals surface area contributed by atoms with Crippen molar-refractivity contribution in [2.24, 2.45) is 0 Å². The molecule has 9 heteroatoms. The quantitative estimate of drug-likeness (QED) is 0.453. The van der Waals surface area contributed by atoms with Crippen LogP contribution >= 0.6 is 0 Å². The normalized spacial score (nSPS) is 11.1. The van der Waals surface area contributed by atoms with Gasteiger partial charge < -0.3 is 4.84 Å². The minimum absolute atomic E-state index is 0.245. The Kier molecular flexibility index (Phi) is 4.47. The Morgan fingerprint density at radius 1 is 1.03 bits per heavy atom. The number of rotatable bonds is 4. The van der Waals surface area contributed by atoms with E-state index in [1.165, 1.54) is 12.1 Å². The van der Waals surface area contributed by atoms with Crippen LogP contribution in [0.5, 0.6) is 0 Å². The molecular formula is C22H14FN5O3. The topological polar surface area (TPSA) is 103 Å². The van der Waals surface area contributed by atoms with Crippen LogP contribution in [0.15, 0.2) is 71.5 Å². The first kappa shape index (κ1) is 18.6. The number of nitrogens with zero attached hydrogens (tertiary/aromatic N) is 4. The first-order valence-electron chi connectivity index (χ1n) is 9.38. The number of fused-ring (bicyclic) bond motifs is 2. The minimum atomic E-state index is -0.908. The summed E-state index contributed by atoms with van der Waals surface area (Å²) in [4.78, 5) is 30.8. The molecule has 0 fully saturated rings. The van der Waals surface area contributed by atoms with Crippen LogP contribution in [0.1, 0.15) is 21.6 Å². The first-order valence-corrected chi connectivity index (χ1v) is 9.38. The molecular weight excluding hydrogens is 401 g/mol. The van der Waals surface area contributed by atoms with Gasteiger partial charge in [0.1, 0.15) is 16.9 Å². The summed E-state index contributed by atoms with van der Waals surface area (Å²) in [6.07, 6.45) is 0.282. The molecule has 2 heterocycles. The zero-order valence-corrected chi connectivity index (χ0v) is 15.9. The van der Waals surface area contributed by atoms with Crippen LogP contribution in [-0.2, 0) is 6.42 Å². The maximum Gasteiger partial charge on any atom is 0.368 e. The number of halogens is 1. The molecule has 0 saturated carbocycles. The van der Waals surface area contributed by atoms with Gasteiger partial charge in [0, 0.05) is 11.8 Å². The molecule has 0 aliphatic rings. The van der Waals surface area contributed by atoms with Crippen molar-refractivity contribution in [1.29, 1.82) is 0 Å². The third-order valence-electron chi connectivity index (χ3n) is 4.89. The lowest BCUT2D eigenvalue weighted by atomic mass is 10.0. The van der Waals surface area contributed by atoms with E-state index in [4.69, 9.17) is 4.84 Å². The Morgan fingerprint density at radius 3 is 2.68 bits per heavy atom. The molecule has 2 aromatic heterocycles. The second-order valence-corrected chi connectivity index (χ2v) is 6.87. The molecule has 0 saturated heterocycles. The molecule has 152 valence electrons. The van der Waals surface area contributed by atoms with Crippen molar-refractivity contribution in [2.45, 2.75) is 6.42 Å². The van der Waals surface area contributed by atoms with Crippen molar-refractivity contribution in [2.75, 3.05) is 0 Å². The number of hydrogen-bond acceptors (Lipinski definition) is 6. The van der Waals surface area contributed by atoms with Crippen molar-refractivity contribution >= 4 is 27.8 Å². The van der Waals surface area contributed by atoms with Crippen LogP contribution in [0.25, 0.3) is 21.8 Å². The monoisotopic (exact) mass is 415 g/mol. The molecule has 3 aromatic carbocycles. The second kappa shape index (κ2) is 7.45. The van der Waals surface area contributed by atoms with E-state index in [2.05, 4.69) is 20.5 Å². The Bertz CT molecular complexity index is 1510. The molecule has 31 heavy (non-hydrogen) atoms. The van der Waals surface area contributed by atoms with E-state index in [9.17, 15) is 14.0 Å². The summed E-state index contributed by atoms with van der Waals surface area (Å²) in [6.45, 7) is 0. The maximum absolute atomic E-state index is 14.4. The number of aromatic amines is 1. The van der Waals surface area contributed by atoms with Crippen LogP contribution in [0.3, 0.4) is 0 Å². The predicted octanol–water partition coefficient (Wildman–Crippen LogP) is 2.67. The van der Waals surface area contributed by atoms with E-state index >= 15 is 0 Å². The van der Waals surface area contributed by atoms with Crippen molar-refractivity contribution in [3.63, 3.8) is 0 Å². The van der Waals surface area contributed by atoms with Crippen molar-refractivity contribution < 1.29 is 14.0 Å². The molecule has 0 radical (unpaired) electrons. The third-order valence-corrected chi connectivity index (χ3v) is 4.89. The number of H-pyrrole nitrogens is 1. The molecule has 0 atom stereocenters. The fraction of sp³-hybridized carbons (Fsp3) is 0.0455. The van der Waals surface area contributed by atoms with E-state index in [0.29, 0.717) is 33.1 Å². The number of para-hydroxylation sites is 1. The Balaban J connectivity index is 1.46. The summed E-state index contributed by atoms with van der Waals surface area (Å²) in [5.74, 6) is -1.63. The molecule has 0 aliphatic heterocycles. The minimum Gasteiger partial charge on any atom is -0.312 e. The summed E-state index contributed by atoms with van der Waals surface area (Å²) < 4.78 is 14.4. The molecule has 0 unspecified atom stereocenters. The summed E-state index contributed by atoms with van der Waals surface area (Å²) in [5.41, 5.74) is 1.72. The highest BCUT2D eigenvalue weighted by Crippen LogP contribution is 2.19.